The summed E-state index contributed by atoms with van der Waals surface area (Å²) < 4.78 is 0. The highest BCUT2D eigenvalue weighted by Gasteiger charge is 2.15. The molecule has 2 N–H and O–H groups in total. The van der Waals surface area contributed by atoms with Gasteiger partial charge >= 0.3 is 0 Å². The van der Waals surface area contributed by atoms with E-state index < -0.39 is 0 Å². The van der Waals surface area contributed by atoms with Crippen molar-refractivity contribution in [1.29, 1.82) is 0 Å². The van der Waals surface area contributed by atoms with Crippen LogP contribution in [-0.4, -0.2) is 37.7 Å². The topological polar surface area (TPSA) is 40.2 Å². The average molecular weight is 276 g/mol. The van der Waals surface area contributed by atoms with Crippen molar-refractivity contribution in [3.63, 3.8) is 0 Å². The van der Waals surface area contributed by atoms with Crippen LogP contribution in [-0.2, 0) is 0 Å². The van der Waals surface area contributed by atoms with Gasteiger partial charge in [0, 0.05) is 32.4 Å². The van der Waals surface area contributed by atoms with Crippen molar-refractivity contribution in [2.75, 3.05) is 30.9 Å². The van der Waals surface area contributed by atoms with Crippen molar-refractivity contribution in [2.45, 2.75) is 51.1 Å². The van der Waals surface area contributed by atoms with Crippen molar-refractivity contribution < 1.29 is 0 Å². The smallest absolute Gasteiger partial charge is 0.0766 e. The highest BCUT2D eigenvalue weighted by Crippen LogP contribution is 2.24. The fraction of sp³-hybridized carbons (Fsp3) is 0.688. The lowest BCUT2D eigenvalue weighted by Gasteiger charge is -2.24. The quantitative estimate of drug-likeness (QED) is 0.867. The minimum Gasteiger partial charge on any atom is -0.380 e. The molecule has 4 heteroatoms. The van der Waals surface area contributed by atoms with Crippen LogP contribution in [0.1, 0.15) is 39.0 Å². The summed E-state index contributed by atoms with van der Waals surface area (Å²) in [6.07, 6.45) is 10.3. The van der Waals surface area contributed by atoms with Crippen LogP contribution >= 0.6 is 0 Å². The van der Waals surface area contributed by atoms with Gasteiger partial charge in [-0.2, -0.15) is 0 Å². The first-order valence-electron chi connectivity index (χ1n) is 7.78. The minimum atomic E-state index is 0.452. The fourth-order valence-electron chi connectivity index (χ4n) is 2.94. The maximum Gasteiger partial charge on any atom is 0.0766 e. The summed E-state index contributed by atoms with van der Waals surface area (Å²) in [6.45, 7) is 3.44. The first kappa shape index (κ1) is 15.1. The molecule has 1 aliphatic heterocycles. The Morgan fingerprint density at radius 1 is 1.40 bits per heavy atom. The molecule has 112 valence electrons. The molecule has 1 aromatic rings. The van der Waals surface area contributed by atoms with Gasteiger partial charge < -0.3 is 15.5 Å². The second kappa shape index (κ2) is 7.48. The Hall–Kier alpha value is -1.29. The Morgan fingerprint density at radius 3 is 3.05 bits per heavy atom. The van der Waals surface area contributed by atoms with E-state index in [4.69, 9.17) is 0 Å². The third-order valence-electron chi connectivity index (χ3n) is 3.98. The van der Waals surface area contributed by atoms with Crippen molar-refractivity contribution in [3.05, 3.63) is 18.5 Å². The first-order valence-corrected chi connectivity index (χ1v) is 7.78. The number of hydrogen-bond acceptors (Lipinski definition) is 4. The molecule has 2 unspecified atom stereocenters. The molecular formula is C16H28N4. The molecule has 0 amide bonds. The molecule has 0 radical (unpaired) electrons. The molecule has 0 bridgehead atoms. The summed E-state index contributed by atoms with van der Waals surface area (Å²) in [6, 6.07) is 3.16. The maximum atomic E-state index is 4.24. The fourth-order valence-corrected chi connectivity index (χ4v) is 2.94. The van der Waals surface area contributed by atoms with E-state index in [1.807, 2.05) is 12.4 Å². The molecular weight excluding hydrogens is 248 g/mol. The van der Waals surface area contributed by atoms with Gasteiger partial charge in [0.2, 0.25) is 0 Å². The van der Waals surface area contributed by atoms with E-state index >= 15 is 0 Å². The van der Waals surface area contributed by atoms with Gasteiger partial charge in [0.25, 0.3) is 0 Å². The number of hydrogen-bond donors (Lipinski definition) is 2. The molecule has 0 aliphatic carbocycles. The number of nitrogens with zero attached hydrogens (tertiary/aromatic N) is 2. The summed E-state index contributed by atoms with van der Waals surface area (Å²) in [7, 11) is 4.13. The number of rotatable bonds is 5. The normalized spacial score (nSPS) is 21.1. The van der Waals surface area contributed by atoms with Crippen LogP contribution in [0.4, 0.5) is 11.4 Å². The van der Waals surface area contributed by atoms with Crippen molar-refractivity contribution >= 4 is 11.4 Å². The highest BCUT2D eigenvalue weighted by atomic mass is 15.1. The molecule has 1 aliphatic rings. The summed E-state index contributed by atoms with van der Waals surface area (Å²) in [5.74, 6) is 0. The van der Waals surface area contributed by atoms with Gasteiger partial charge in [0.05, 0.1) is 17.6 Å². The number of anilines is 2. The van der Waals surface area contributed by atoms with E-state index in [-0.39, 0.29) is 0 Å². The van der Waals surface area contributed by atoms with Crippen LogP contribution in [0.25, 0.3) is 0 Å². The Morgan fingerprint density at radius 2 is 2.25 bits per heavy atom. The molecule has 0 aromatic carbocycles. The zero-order chi connectivity index (χ0) is 14.4. The SMILES string of the molecule is CC(CC1CCCCCN1)Nc1cnccc1N(C)C. The molecule has 2 atom stereocenters. The van der Waals surface area contributed by atoms with E-state index in [0.717, 1.165) is 5.69 Å². The lowest BCUT2D eigenvalue weighted by atomic mass is 10.0. The number of nitrogens with one attached hydrogen (secondary N) is 2. The van der Waals surface area contributed by atoms with Gasteiger partial charge in [-0.1, -0.05) is 12.8 Å². The summed E-state index contributed by atoms with van der Waals surface area (Å²) in [5.41, 5.74) is 2.32. The van der Waals surface area contributed by atoms with Gasteiger partial charge in [-0.15, -0.1) is 0 Å². The summed E-state index contributed by atoms with van der Waals surface area (Å²) >= 11 is 0. The lowest BCUT2D eigenvalue weighted by molar-refractivity contribution is 0.456. The predicted molar refractivity (Wildman–Crippen MR) is 86.5 cm³/mol. The van der Waals surface area contributed by atoms with Gasteiger partial charge in [0.1, 0.15) is 0 Å². The van der Waals surface area contributed by atoms with Gasteiger partial charge in [-0.3, -0.25) is 4.98 Å². The van der Waals surface area contributed by atoms with E-state index in [2.05, 4.69) is 47.6 Å². The van der Waals surface area contributed by atoms with Crippen LogP contribution in [0.3, 0.4) is 0 Å². The monoisotopic (exact) mass is 276 g/mol. The zero-order valence-electron chi connectivity index (χ0n) is 13.0. The van der Waals surface area contributed by atoms with Crippen LogP contribution in [0, 0.1) is 0 Å². The predicted octanol–water partition coefficient (Wildman–Crippen LogP) is 2.87. The Kier molecular flexibility index (Phi) is 5.65. The van der Waals surface area contributed by atoms with Crippen LogP contribution in [0.5, 0.6) is 0 Å². The molecule has 20 heavy (non-hydrogen) atoms. The first-order chi connectivity index (χ1) is 9.66. The van der Waals surface area contributed by atoms with Gasteiger partial charge in [-0.05, 0) is 38.8 Å². The Balaban J connectivity index is 1.92. The van der Waals surface area contributed by atoms with E-state index in [1.165, 1.54) is 44.3 Å². The largest absolute Gasteiger partial charge is 0.380 e. The third kappa shape index (κ3) is 4.37. The molecule has 2 heterocycles. The average Bonchev–Trinajstić information content (AvgIpc) is 2.67. The Labute approximate surface area is 123 Å². The van der Waals surface area contributed by atoms with E-state index in [9.17, 15) is 0 Å². The zero-order valence-corrected chi connectivity index (χ0v) is 13.0. The molecule has 4 nitrogen and oxygen atoms in total. The second-order valence-electron chi connectivity index (χ2n) is 6.07. The minimum absolute atomic E-state index is 0.452. The second-order valence-corrected chi connectivity index (χ2v) is 6.07. The van der Waals surface area contributed by atoms with Crippen LogP contribution in [0.15, 0.2) is 18.5 Å². The third-order valence-corrected chi connectivity index (χ3v) is 3.98. The maximum absolute atomic E-state index is 4.24. The number of aromatic nitrogens is 1. The van der Waals surface area contributed by atoms with Crippen LogP contribution in [0.2, 0.25) is 0 Å². The van der Waals surface area contributed by atoms with Gasteiger partial charge in [-0.25, -0.2) is 0 Å². The standard InChI is InChI=1S/C16H28N4/c1-13(11-14-7-5-4-6-9-18-14)19-15-12-17-10-8-16(15)20(2)3/h8,10,12-14,18-19H,4-7,9,11H2,1-3H3. The molecule has 1 fully saturated rings. The van der Waals surface area contributed by atoms with Crippen molar-refractivity contribution in [2.24, 2.45) is 0 Å². The Bertz CT molecular complexity index is 397. The highest BCUT2D eigenvalue weighted by molar-refractivity contribution is 5.68. The molecule has 0 saturated carbocycles. The summed E-state index contributed by atoms with van der Waals surface area (Å²) in [4.78, 5) is 6.36. The molecule has 0 spiro atoms. The van der Waals surface area contributed by atoms with Gasteiger partial charge in [0.15, 0.2) is 0 Å². The lowest BCUT2D eigenvalue weighted by Crippen LogP contribution is -2.33. The molecule has 2 rings (SSSR count). The van der Waals surface area contributed by atoms with Crippen molar-refractivity contribution in [1.82, 2.24) is 10.3 Å². The van der Waals surface area contributed by atoms with Crippen molar-refractivity contribution in [3.8, 4) is 0 Å². The van der Waals surface area contributed by atoms with E-state index in [0.29, 0.717) is 12.1 Å². The molecule has 1 saturated heterocycles. The van der Waals surface area contributed by atoms with E-state index in [1.54, 1.807) is 0 Å². The number of pyridine rings is 1. The summed E-state index contributed by atoms with van der Waals surface area (Å²) in [5, 5.41) is 7.28. The molecule has 1 aromatic heterocycles. The van der Waals surface area contributed by atoms with Crippen LogP contribution < -0.4 is 15.5 Å².